The number of carboxylic acids is 1. The largest absolute Gasteiger partial charge is 0.480 e. The highest BCUT2D eigenvalue weighted by Gasteiger charge is 2.24. The predicted octanol–water partition coefficient (Wildman–Crippen LogP) is 0.294. The third-order valence-electron chi connectivity index (χ3n) is 2.67. The van der Waals surface area contributed by atoms with Crippen molar-refractivity contribution in [3.05, 3.63) is 12.2 Å². The van der Waals surface area contributed by atoms with Crippen molar-refractivity contribution in [3.8, 4) is 0 Å². The molecule has 0 saturated carbocycles. The number of rotatable bonds is 5. The van der Waals surface area contributed by atoms with E-state index in [-0.39, 0.29) is 24.9 Å². The number of carbonyl (C=O) groups is 2. The van der Waals surface area contributed by atoms with Crippen molar-refractivity contribution in [1.29, 1.82) is 0 Å². The number of carboxylic acid groups (broad SMARTS) is 1. The van der Waals surface area contributed by atoms with Crippen molar-refractivity contribution in [1.82, 2.24) is 5.32 Å². The molecule has 3 N–H and O–H groups in total. The lowest BCUT2D eigenvalue weighted by Crippen LogP contribution is -2.44. The van der Waals surface area contributed by atoms with Gasteiger partial charge in [-0.25, -0.2) is 4.79 Å². The van der Waals surface area contributed by atoms with Crippen LogP contribution in [0.3, 0.4) is 0 Å². The molecule has 2 atom stereocenters. The number of allylic oxidation sites excluding steroid dienone is 2. The molecular formula is C11H17NO4. The SMILES string of the molecule is O=C(NC(CCO)C(=O)O)C1CC=CCC1. The lowest BCUT2D eigenvalue weighted by atomic mass is 9.93. The standard InChI is InChI=1S/C11H17NO4/c13-7-6-9(11(15)16)12-10(14)8-4-2-1-3-5-8/h1-2,8-9,13H,3-7H2,(H,12,14)(H,15,16). The van der Waals surface area contributed by atoms with Crippen molar-refractivity contribution in [2.75, 3.05) is 6.61 Å². The fourth-order valence-corrected chi connectivity index (χ4v) is 1.71. The molecule has 5 heteroatoms. The second-order valence-electron chi connectivity index (χ2n) is 3.89. The Hall–Kier alpha value is -1.36. The zero-order valence-electron chi connectivity index (χ0n) is 9.06. The molecule has 0 aromatic rings. The van der Waals surface area contributed by atoms with Gasteiger partial charge in [-0.15, -0.1) is 0 Å². The third kappa shape index (κ3) is 3.66. The number of nitrogens with one attached hydrogen (secondary N) is 1. The first kappa shape index (κ1) is 12.7. The van der Waals surface area contributed by atoms with E-state index in [0.717, 1.165) is 12.8 Å². The minimum absolute atomic E-state index is 0.0453. The molecule has 0 radical (unpaired) electrons. The summed E-state index contributed by atoms with van der Waals surface area (Å²) in [6.45, 7) is -0.248. The van der Waals surface area contributed by atoms with Crippen LogP contribution in [0.2, 0.25) is 0 Å². The van der Waals surface area contributed by atoms with E-state index in [1.807, 2.05) is 12.2 Å². The molecule has 1 aliphatic rings. The van der Waals surface area contributed by atoms with Crippen molar-refractivity contribution >= 4 is 11.9 Å². The topological polar surface area (TPSA) is 86.6 Å². The zero-order chi connectivity index (χ0) is 12.0. The number of amides is 1. The van der Waals surface area contributed by atoms with E-state index in [0.29, 0.717) is 6.42 Å². The fourth-order valence-electron chi connectivity index (χ4n) is 1.71. The van der Waals surface area contributed by atoms with Gasteiger partial charge in [-0.05, 0) is 19.3 Å². The molecular weight excluding hydrogens is 210 g/mol. The van der Waals surface area contributed by atoms with Crippen molar-refractivity contribution in [2.45, 2.75) is 31.7 Å². The molecule has 0 bridgehead atoms. The Morgan fingerprint density at radius 3 is 2.69 bits per heavy atom. The van der Waals surface area contributed by atoms with Gasteiger partial charge in [0.25, 0.3) is 0 Å². The Morgan fingerprint density at radius 2 is 2.19 bits per heavy atom. The monoisotopic (exact) mass is 227 g/mol. The maximum absolute atomic E-state index is 11.7. The lowest BCUT2D eigenvalue weighted by molar-refractivity contribution is -0.143. The van der Waals surface area contributed by atoms with Crippen LogP contribution in [0.4, 0.5) is 0 Å². The molecule has 2 unspecified atom stereocenters. The minimum atomic E-state index is -1.10. The molecule has 0 spiro atoms. The molecule has 90 valence electrons. The van der Waals surface area contributed by atoms with E-state index in [1.165, 1.54) is 0 Å². The molecule has 0 aromatic heterocycles. The Morgan fingerprint density at radius 1 is 1.44 bits per heavy atom. The summed E-state index contributed by atoms with van der Waals surface area (Å²) in [5.41, 5.74) is 0. The van der Waals surface area contributed by atoms with Gasteiger partial charge in [0.2, 0.25) is 5.91 Å². The average molecular weight is 227 g/mol. The van der Waals surface area contributed by atoms with E-state index in [4.69, 9.17) is 10.2 Å². The molecule has 1 amide bonds. The molecule has 1 rings (SSSR count). The zero-order valence-corrected chi connectivity index (χ0v) is 9.06. The molecule has 0 heterocycles. The van der Waals surface area contributed by atoms with Crippen LogP contribution in [0, 0.1) is 5.92 Å². The highest BCUT2D eigenvalue weighted by molar-refractivity contribution is 5.85. The van der Waals surface area contributed by atoms with E-state index < -0.39 is 12.0 Å². The molecule has 16 heavy (non-hydrogen) atoms. The first-order chi connectivity index (χ1) is 7.65. The van der Waals surface area contributed by atoms with Crippen LogP contribution in [-0.2, 0) is 9.59 Å². The normalized spacial score (nSPS) is 21.4. The van der Waals surface area contributed by atoms with Crippen LogP contribution in [0.1, 0.15) is 25.7 Å². The number of aliphatic hydroxyl groups excluding tert-OH is 1. The van der Waals surface area contributed by atoms with Crippen LogP contribution in [0.5, 0.6) is 0 Å². The summed E-state index contributed by atoms with van der Waals surface area (Å²) in [4.78, 5) is 22.5. The van der Waals surface area contributed by atoms with E-state index in [9.17, 15) is 9.59 Å². The predicted molar refractivity (Wildman–Crippen MR) is 57.8 cm³/mol. The number of hydrogen-bond acceptors (Lipinski definition) is 3. The highest BCUT2D eigenvalue weighted by Crippen LogP contribution is 2.18. The smallest absolute Gasteiger partial charge is 0.326 e. The summed E-state index contributed by atoms with van der Waals surface area (Å²) in [5, 5.41) is 19.9. The lowest BCUT2D eigenvalue weighted by Gasteiger charge is -2.20. The highest BCUT2D eigenvalue weighted by atomic mass is 16.4. The number of carbonyl (C=O) groups excluding carboxylic acids is 1. The maximum Gasteiger partial charge on any atom is 0.326 e. The van der Waals surface area contributed by atoms with Gasteiger partial charge < -0.3 is 15.5 Å². The second-order valence-corrected chi connectivity index (χ2v) is 3.89. The van der Waals surface area contributed by atoms with Crippen LogP contribution in [0.25, 0.3) is 0 Å². The van der Waals surface area contributed by atoms with Crippen LogP contribution < -0.4 is 5.32 Å². The van der Waals surface area contributed by atoms with E-state index in [1.54, 1.807) is 0 Å². The van der Waals surface area contributed by atoms with Crippen LogP contribution in [0.15, 0.2) is 12.2 Å². The van der Waals surface area contributed by atoms with E-state index >= 15 is 0 Å². The summed E-state index contributed by atoms with van der Waals surface area (Å²) in [6, 6.07) is -0.983. The molecule has 0 saturated heterocycles. The number of aliphatic carboxylic acids is 1. The van der Waals surface area contributed by atoms with Crippen molar-refractivity contribution < 1.29 is 19.8 Å². The summed E-state index contributed by atoms with van der Waals surface area (Å²) < 4.78 is 0. The molecule has 0 aromatic carbocycles. The van der Waals surface area contributed by atoms with Gasteiger partial charge in [0, 0.05) is 18.9 Å². The first-order valence-corrected chi connectivity index (χ1v) is 5.44. The minimum Gasteiger partial charge on any atom is -0.480 e. The number of hydrogen-bond donors (Lipinski definition) is 3. The van der Waals surface area contributed by atoms with Crippen molar-refractivity contribution in [2.24, 2.45) is 5.92 Å². The van der Waals surface area contributed by atoms with Gasteiger partial charge in [0.1, 0.15) is 6.04 Å². The molecule has 5 nitrogen and oxygen atoms in total. The Bertz CT molecular complexity index is 288. The van der Waals surface area contributed by atoms with Gasteiger partial charge in [-0.1, -0.05) is 12.2 Å². The van der Waals surface area contributed by atoms with Crippen LogP contribution in [-0.4, -0.2) is 34.7 Å². The first-order valence-electron chi connectivity index (χ1n) is 5.44. The average Bonchev–Trinajstić information content (AvgIpc) is 2.29. The van der Waals surface area contributed by atoms with Gasteiger partial charge in [-0.2, -0.15) is 0 Å². The third-order valence-corrected chi connectivity index (χ3v) is 2.67. The summed E-state index contributed by atoms with van der Waals surface area (Å²) in [6.07, 6.45) is 6.28. The fraction of sp³-hybridized carbons (Fsp3) is 0.636. The van der Waals surface area contributed by atoms with Gasteiger partial charge in [0.15, 0.2) is 0 Å². The second kappa shape index (κ2) is 6.27. The Balaban J connectivity index is 2.47. The van der Waals surface area contributed by atoms with Crippen LogP contribution >= 0.6 is 0 Å². The summed E-state index contributed by atoms with van der Waals surface area (Å²) in [5.74, 6) is -1.47. The summed E-state index contributed by atoms with van der Waals surface area (Å²) >= 11 is 0. The van der Waals surface area contributed by atoms with Gasteiger partial charge in [0.05, 0.1) is 0 Å². The Kier molecular flexibility index (Phi) is 4.98. The quantitative estimate of drug-likeness (QED) is 0.589. The molecule has 1 aliphatic carbocycles. The summed E-state index contributed by atoms with van der Waals surface area (Å²) in [7, 11) is 0. The molecule has 0 aliphatic heterocycles. The maximum atomic E-state index is 11.7. The van der Waals surface area contributed by atoms with Gasteiger partial charge in [-0.3, -0.25) is 4.79 Å². The van der Waals surface area contributed by atoms with E-state index in [2.05, 4.69) is 5.32 Å². The Labute approximate surface area is 94.2 Å². The molecule has 0 fully saturated rings. The van der Waals surface area contributed by atoms with Gasteiger partial charge >= 0.3 is 5.97 Å². The van der Waals surface area contributed by atoms with Crippen molar-refractivity contribution in [3.63, 3.8) is 0 Å². The number of aliphatic hydroxyl groups is 1.